The van der Waals surface area contributed by atoms with Crippen LogP contribution in [0.25, 0.3) is 10.9 Å². The third-order valence-electron chi connectivity index (χ3n) is 2.34. The lowest BCUT2D eigenvalue weighted by atomic mass is 10.1. The van der Waals surface area contributed by atoms with Crippen molar-refractivity contribution in [2.75, 3.05) is 0 Å². The first kappa shape index (κ1) is 9.65. The molecule has 2 rings (SSSR count). The molecule has 0 saturated heterocycles. The number of nitrogens with two attached hydrogens (primary N) is 1. The maximum absolute atomic E-state index is 11.3. The molecule has 0 radical (unpaired) electrons. The first-order chi connectivity index (χ1) is 7.08. The number of carbonyl (C=O) groups is 1. The number of rotatable bonds is 1. The van der Waals surface area contributed by atoms with E-state index in [1.807, 2.05) is 32.0 Å². The van der Waals surface area contributed by atoms with Crippen LogP contribution in [0.5, 0.6) is 0 Å². The number of fused-ring (bicyclic) bond motifs is 1. The third-order valence-corrected chi connectivity index (χ3v) is 2.34. The van der Waals surface area contributed by atoms with Gasteiger partial charge in [-0.3, -0.25) is 9.78 Å². The fraction of sp³-hybridized carbons (Fsp3) is 0.167. The summed E-state index contributed by atoms with van der Waals surface area (Å²) in [6, 6.07) is 7.65. The van der Waals surface area contributed by atoms with Gasteiger partial charge in [0.05, 0.1) is 11.1 Å². The average Bonchev–Trinajstić information content (AvgIpc) is 2.17. The molecule has 2 N–H and O–H groups in total. The molecule has 0 saturated carbocycles. The second-order valence-corrected chi connectivity index (χ2v) is 3.70. The minimum atomic E-state index is -0.429. The molecule has 0 aliphatic carbocycles. The van der Waals surface area contributed by atoms with Gasteiger partial charge >= 0.3 is 0 Å². The number of aryl methyl sites for hydroxylation is 2. The Labute approximate surface area is 87.9 Å². The Balaban J connectivity index is 2.87. The highest BCUT2D eigenvalue weighted by molar-refractivity contribution is 6.05. The summed E-state index contributed by atoms with van der Waals surface area (Å²) >= 11 is 0. The van der Waals surface area contributed by atoms with Crippen molar-refractivity contribution < 1.29 is 4.79 Å². The quantitative estimate of drug-likeness (QED) is 0.764. The lowest BCUT2D eigenvalue weighted by Crippen LogP contribution is -2.12. The second-order valence-electron chi connectivity index (χ2n) is 3.70. The molecule has 0 bridgehead atoms. The van der Waals surface area contributed by atoms with Crippen molar-refractivity contribution in [1.82, 2.24) is 4.98 Å². The molecular weight excluding hydrogens is 188 g/mol. The summed E-state index contributed by atoms with van der Waals surface area (Å²) < 4.78 is 0. The van der Waals surface area contributed by atoms with E-state index in [1.54, 1.807) is 6.07 Å². The van der Waals surface area contributed by atoms with E-state index >= 15 is 0 Å². The first-order valence-electron chi connectivity index (χ1n) is 4.76. The molecule has 15 heavy (non-hydrogen) atoms. The van der Waals surface area contributed by atoms with E-state index in [0.29, 0.717) is 11.1 Å². The van der Waals surface area contributed by atoms with E-state index in [9.17, 15) is 4.79 Å². The van der Waals surface area contributed by atoms with E-state index in [4.69, 9.17) is 5.73 Å². The molecule has 0 atom stereocenters. The second kappa shape index (κ2) is 3.35. The van der Waals surface area contributed by atoms with Gasteiger partial charge in [-0.15, -0.1) is 0 Å². The zero-order valence-electron chi connectivity index (χ0n) is 8.74. The van der Waals surface area contributed by atoms with Crippen LogP contribution in [-0.2, 0) is 0 Å². The van der Waals surface area contributed by atoms with Crippen molar-refractivity contribution in [3.63, 3.8) is 0 Å². The predicted molar refractivity (Wildman–Crippen MR) is 59.7 cm³/mol. The predicted octanol–water partition coefficient (Wildman–Crippen LogP) is 1.95. The standard InChI is InChI=1S/C12H12N2O/c1-7-5-9-4-3-8(2)14-11(9)10(6-7)12(13)15/h3-6H,1-2H3,(H2,13,15). The zero-order valence-corrected chi connectivity index (χ0v) is 8.74. The molecule has 1 heterocycles. The maximum Gasteiger partial charge on any atom is 0.250 e. The fourth-order valence-electron chi connectivity index (χ4n) is 1.67. The lowest BCUT2D eigenvalue weighted by molar-refractivity contribution is 0.100. The van der Waals surface area contributed by atoms with Crippen LogP contribution in [0.15, 0.2) is 24.3 Å². The lowest BCUT2D eigenvalue weighted by Gasteiger charge is -2.05. The summed E-state index contributed by atoms with van der Waals surface area (Å²) in [5, 5.41) is 0.953. The molecule has 0 fully saturated rings. The highest BCUT2D eigenvalue weighted by atomic mass is 16.1. The van der Waals surface area contributed by atoms with Crippen molar-refractivity contribution in [2.24, 2.45) is 5.73 Å². The minimum absolute atomic E-state index is 0.429. The summed E-state index contributed by atoms with van der Waals surface area (Å²) in [5.74, 6) is -0.429. The topological polar surface area (TPSA) is 56.0 Å². The van der Waals surface area contributed by atoms with Crippen LogP contribution >= 0.6 is 0 Å². The number of benzene rings is 1. The summed E-state index contributed by atoms with van der Waals surface area (Å²) in [5.41, 5.74) is 8.40. The zero-order chi connectivity index (χ0) is 11.0. The minimum Gasteiger partial charge on any atom is -0.366 e. The Hall–Kier alpha value is -1.90. The molecule has 0 aliphatic heterocycles. The van der Waals surface area contributed by atoms with Crippen LogP contribution < -0.4 is 5.73 Å². The summed E-state index contributed by atoms with van der Waals surface area (Å²) in [6.07, 6.45) is 0. The van der Waals surface area contributed by atoms with E-state index in [2.05, 4.69) is 4.98 Å². The van der Waals surface area contributed by atoms with Crippen LogP contribution in [0.3, 0.4) is 0 Å². The Morgan fingerprint density at radius 1 is 1.27 bits per heavy atom. The Morgan fingerprint density at radius 3 is 2.67 bits per heavy atom. The Morgan fingerprint density at radius 2 is 2.00 bits per heavy atom. The van der Waals surface area contributed by atoms with Crippen LogP contribution in [0.2, 0.25) is 0 Å². The van der Waals surface area contributed by atoms with Crippen molar-refractivity contribution >= 4 is 16.8 Å². The molecule has 2 aromatic rings. The number of nitrogens with zero attached hydrogens (tertiary/aromatic N) is 1. The van der Waals surface area contributed by atoms with Crippen molar-refractivity contribution in [1.29, 1.82) is 0 Å². The van der Waals surface area contributed by atoms with Gasteiger partial charge in [-0.25, -0.2) is 0 Å². The highest BCUT2D eigenvalue weighted by Crippen LogP contribution is 2.19. The molecule has 76 valence electrons. The molecule has 1 aromatic carbocycles. The van der Waals surface area contributed by atoms with Crippen molar-refractivity contribution in [2.45, 2.75) is 13.8 Å². The SMILES string of the molecule is Cc1cc(C(N)=O)c2nc(C)ccc2c1. The molecule has 3 heteroatoms. The molecule has 3 nitrogen and oxygen atoms in total. The molecule has 0 unspecified atom stereocenters. The Bertz CT molecular complexity index is 547. The number of hydrogen-bond donors (Lipinski definition) is 1. The molecule has 1 aromatic heterocycles. The van der Waals surface area contributed by atoms with Gasteiger partial charge in [0.1, 0.15) is 0 Å². The molecule has 1 amide bonds. The smallest absolute Gasteiger partial charge is 0.250 e. The summed E-state index contributed by atoms with van der Waals surface area (Å²) in [6.45, 7) is 3.83. The first-order valence-corrected chi connectivity index (χ1v) is 4.76. The largest absolute Gasteiger partial charge is 0.366 e. The van der Waals surface area contributed by atoms with Crippen molar-refractivity contribution in [3.05, 3.63) is 41.1 Å². The number of hydrogen-bond acceptors (Lipinski definition) is 2. The average molecular weight is 200 g/mol. The molecular formula is C12H12N2O. The van der Waals surface area contributed by atoms with E-state index in [-0.39, 0.29) is 0 Å². The number of aromatic nitrogens is 1. The van der Waals surface area contributed by atoms with E-state index < -0.39 is 5.91 Å². The van der Waals surface area contributed by atoms with Crippen LogP contribution in [-0.4, -0.2) is 10.9 Å². The van der Waals surface area contributed by atoms with Gasteiger partial charge in [-0.2, -0.15) is 0 Å². The van der Waals surface area contributed by atoms with Gasteiger partial charge < -0.3 is 5.73 Å². The highest BCUT2D eigenvalue weighted by Gasteiger charge is 2.08. The van der Waals surface area contributed by atoms with Crippen LogP contribution in [0.4, 0.5) is 0 Å². The maximum atomic E-state index is 11.3. The van der Waals surface area contributed by atoms with Gasteiger partial charge in [0, 0.05) is 11.1 Å². The monoisotopic (exact) mass is 200 g/mol. The van der Waals surface area contributed by atoms with Gasteiger partial charge in [0.25, 0.3) is 5.91 Å². The van der Waals surface area contributed by atoms with Gasteiger partial charge in [0.15, 0.2) is 0 Å². The van der Waals surface area contributed by atoms with Crippen molar-refractivity contribution in [3.8, 4) is 0 Å². The number of primary amides is 1. The fourth-order valence-corrected chi connectivity index (χ4v) is 1.67. The van der Waals surface area contributed by atoms with Gasteiger partial charge in [-0.1, -0.05) is 6.07 Å². The summed E-state index contributed by atoms with van der Waals surface area (Å²) in [7, 11) is 0. The van der Waals surface area contributed by atoms with Crippen LogP contribution in [0, 0.1) is 13.8 Å². The summed E-state index contributed by atoms with van der Waals surface area (Å²) in [4.78, 5) is 15.6. The molecule has 0 spiro atoms. The number of amides is 1. The van der Waals surface area contributed by atoms with Gasteiger partial charge in [0.2, 0.25) is 0 Å². The normalized spacial score (nSPS) is 10.5. The Kier molecular flexibility index (Phi) is 2.15. The van der Waals surface area contributed by atoms with E-state index in [0.717, 1.165) is 16.6 Å². The molecule has 0 aliphatic rings. The number of carbonyl (C=O) groups excluding carboxylic acids is 1. The van der Waals surface area contributed by atoms with Crippen LogP contribution in [0.1, 0.15) is 21.6 Å². The number of pyridine rings is 1. The third kappa shape index (κ3) is 1.68. The van der Waals surface area contributed by atoms with Gasteiger partial charge in [-0.05, 0) is 37.6 Å². The van der Waals surface area contributed by atoms with E-state index in [1.165, 1.54) is 0 Å².